The third-order valence-corrected chi connectivity index (χ3v) is 5.94. The normalized spacial score (nSPS) is 35.3. The molecule has 4 heterocycles. The van der Waals surface area contributed by atoms with Crippen LogP contribution < -0.4 is 5.32 Å². The molecule has 5 nitrogen and oxygen atoms in total. The summed E-state index contributed by atoms with van der Waals surface area (Å²) in [6.07, 6.45) is 3.12. The number of hydrogen-bond donors (Lipinski definition) is 1. The molecule has 5 rings (SSSR count). The molecule has 128 valence electrons. The molecule has 24 heavy (non-hydrogen) atoms. The van der Waals surface area contributed by atoms with Crippen molar-refractivity contribution in [3.63, 3.8) is 0 Å². The second-order valence-electron chi connectivity index (χ2n) is 7.31. The highest BCUT2D eigenvalue weighted by Crippen LogP contribution is 2.36. The van der Waals surface area contributed by atoms with Crippen molar-refractivity contribution in [1.82, 2.24) is 10.2 Å². The van der Waals surface area contributed by atoms with Crippen LogP contribution in [0.3, 0.4) is 0 Å². The van der Waals surface area contributed by atoms with E-state index in [1.807, 2.05) is 30.3 Å². The molecule has 2 bridgehead atoms. The summed E-state index contributed by atoms with van der Waals surface area (Å²) in [5.74, 6) is 0.328. The van der Waals surface area contributed by atoms with Gasteiger partial charge in [-0.1, -0.05) is 30.3 Å². The number of ether oxygens (including phenoxy) is 1. The van der Waals surface area contributed by atoms with Crippen LogP contribution in [0.4, 0.5) is 0 Å². The Morgan fingerprint density at radius 3 is 2.54 bits per heavy atom. The third-order valence-electron chi connectivity index (χ3n) is 5.94. The molecule has 5 heteroatoms. The Balaban J connectivity index is 1.57. The minimum absolute atomic E-state index is 0.00165. The maximum absolute atomic E-state index is 13.2. The summed E-state index contributed by atoms with van der Waals surface area (Å²) in [5, 5.41) is 2.87. The van der Waals surface area contributed by atoms with Gasteiger partial charge in [0.25, 0.3) is 0 Å². The van der Waals surface area contributed by atoms with E-state index >= 15 is 0 Å². The second kappa shape index (κ2) is 6.20. The molecule has 1 aromatic carbocycles. The van der Waals surface area contributed by atoms with Crippen LogP contribution in [0.5, 0.6) is 0 Å². The highest BCUT2D eigenvalue weighted by molar-refractivity contribution is 5.88. The van der Waals surface area contributed by atoms with Crippen LogP contribution in [0, 0.1) is 5.92 Å². The zero-order chi connectivity index (χ0) is 16.6. The van der Waals surface area contributed by atoms with Gasteiger partial charge in [0.15, 0.2) is 0 Å². The number of rotatable bonds is 3. The van der Waals surface area contributed by atoms with Crippen molar-refractivity contribution < 1.29 is 14.3 Å². The number of nitrogens with zero attached hydrogens (tertiary/aromatic N) is 1. The van der Waals surface area contributed by atoms with E-state index in [0.29, 0.717) is 25.3 Å². The van der Waals surface area contributed by atoms with E-state index in [2.05, 4.69) is 10.2 Å². The first kappa shape index (κ1) is 15.6. The van der Waals surface area contributed by atoms with Crippen molar-refractivity contribution in [2.75, 3.05) is 26.2 Å². The predicted molar refractivity (Wildman–Crippen MR) is 89.4 cm³/mol. The maximum atomic E-state index is 13.2. The van der Waals surface area contributed by atoms with Gasteiger partial charge in [-0.3, -0.25) is 14.5 Å². The molecule has 4 aliphatic heterocycles. The van der Waals surface area contributed by atoms with E-state index < -0.39 is 5.41 Å². The topological polar surface area (TPSA) is 58.6 Å². The van der Waals surface area contributed by atoms with Gasteiger partial charge in [0.2, 0.25) is 5.91 Å². The second-order valence-corrected chi connectivity index (χ2v) is 7.31. The van der Waals surface area contributed by atoms with Gasteiger partial charge in [0.1, 0.15) is 11.5 Å². The Kier molecular flexibility index (Phi) is 4.04. The first-order valence-electron chi connectivity index (χ1n) is 8.93. The summed E-state index contributed by atoms with van der Waals surface area (Å²) in [4.78, 5) is 27.2. The summed E-state index contributed by atoms with van der Waals surface area (Å²) < 4.78 is 6.03. The van der Waals surface area contributed by atoms with Crippen LogP contribution in [0.15, 0.2) is 30.3 Å². The average Bonchev–Trinajstić information content (AvgIpc) is 2.64. The Morgan fingerprint density at radius 2 is 1.96 bits per heavy atom. The van der Waals surface area contributed by atoms with E-state index in [0.717, 1.165) is 38.0 Å². The van der Waals surface area contributed by atoms with Crippen LogP contribution in [0.1, 0.15) is 31.2 Å². The highest BCUT2D eigenvalue weighted by atomic mass is 16.5. The third kappa shape index (κ3) is 2.71. The van der Waals surface area contributed by atoms with Crippen LogP contribution >= 0.6 is 0 Å². The average molecular weight is 328 g/mol. The van der Waals surface area contributed by atoms with Gasteiger partial charge in [-0.05, 0) is 43.8 Å². The van der Waals surface area contributed by atoms with Crippen molar-refractivity contribution in [2.45, 2.75) is 37.2 Å². The summed E-state index contributed by atoms with van der Waals surface area (Å²) in [6.45, 7) is 3.43. The molecule has 0 aliphatic carbocycles. The minimum Gasteiger partial charge on any atom is -0.460 e. The number of nitrogens with one attached hydrogen (secondary N) is 1. The van der Waals surface area contributed by atoms with Crippen molar-refractivity contribution in [3.8, 4) is 0 Å². The Labute approximate surface area is 142 Å². The molecule has 1 amide bonds. The molecular weight excluding hydrogens is 304 g/mol. The van der Waals surface area contributed by atoms with Gasteiger partial charge >= 0.3 is 5.97 Å². The fraction of sp³-hybridized carbons (Fsp3) is 0.579. The molecular formula is C19H24N2O3. The number of benzene rings is 1. The molecule has 1 N–H and O–H groups in total. The highest BCUT2D eigenvalue weighted by Gasteiger charge is 2.47. The molecule has 0 aromatic heterocycles. The van der Waals surface area contributed by atoms with Crippen molar-refractivity contribution >= 4 is 11.9 Å². The van der Waals surface area contributed by atoms with Crippen LogP contribution in [0.2, 0.25) is 0 Å². The maximum Gasteiger partial charge on any atom is 0.318 e. The molecule has 4 saturated heterocycles. The Hall–Kier alpha value is -1.88. The summed E-state index contributed by atoms with van der Waals surface area (Å²) in [7, 11) is 0. The van der Waals surface area contributed by atoms with Gasteiger partial charge in [-0.25, -0.2) is 0 Å². The minimum atomic E-state index is -0.749. The van der Waals surface area contributed by atoms with Gasteiger partial charge in [-0.2, -0.15) is 0 Å². The smallest absolute Gasteiger partial charge is 0.318 e. The van der Waals surface area contributed by atoms with E-state index in [9.17, 15) is 9.59 Å². The zero-order valence-electron chi connectivity index (χ0n) is 13.9. The van der Waals surface area contributed by atoms with Crippen LogP contribution in [-0.2, 0) is 19.7 Å². The standard InChI is InChI=1S/C19H24N2O3/c22-17-6-9-19(13-20-17,15-4-2-1-3-5-15)18(23)24-16-12-21-10-7-14(16)8-11-21/h1-5,14,16H,6-13H2,(H,20,22). The summed E-state index contributed by atoms with van der Waals surface area (Å²) in [6, 6.07) is 9.76. The number of piperidine rings is 4. The van der Waals surface area contributed by atoms with Gasteiger partial charge < -0.3 is 10.1 Å². The molecule has 1 aromatic rings. The van der Waals surface area contributed by atoms with Crippen LogP contribution in [0.25, 0.3) is 0 Å². The SMILES string of the molecule is O=C1CCC(C(=O)OC2CN3CCC2CC3)(c2ccccc2)CN1. The first-order valence-corrected chi connectivity index (χ1v) is 8.93. The fourth-order valence-corrected chi connectivity index (χ4v) is 4.34. The number of hydrogen-bond acceptors (Lipinski definition) is 4. The molecule has 4 fully saturated rings. The van der Waals surface area contributed by atoms with Crippen molar-refractivity contribution in [2.24, 2.45) is 5.92 Å². The molecule has 0 radical (unpaired) electrons. The predicted octanol–water partition coefficient (Wildman–Crippen LogP) is 1.47. The monoisotopic (exact) mass is 328 g/mol. The fourth-order valence-electron chi connectivity index (χ4n) is 4.34. The molecule has 2 atom stereocenters. The number of carbonyl (C=O) groups is 2. The Morgan fingerprint density at radius 1 is 1.21 bits per heavy atom. The van der Waals surface area contributed by atoms with Crippen molar-refractivity contribution in [3.05, 3.63) is 35.9 Å². The Bertz CT molecular complexity index is 613. The number of fused-ring (bicyclic) bond motifs is 3. The lowest BCUT2D eigenvalue weighted by Crippen LogP contribution is -2.56. The quantitative estimate of drug-likeness (QED) is 0.854. The zero-order valence-corrected chi connectivity index (χ0v) is 13.9. The molecule has 4 aliphatic rings. The van der Waals surface area contributed by atoms with Gasteiger partial charge in [-0.15, -0.1) is 0 Å². The lowest BCUT2D eigenvalue weighted by atomic mass is 9.74. The number of carbonyl (C=O) groups excluding carboxylic acids is 2. The lowest BCUT2D eigenvalue weighted by molar-refractivity contribution is -0.167. The summed E-state index contributed by atoms with van der Waals surface area (Å²) >= 11 is 0. The van der Waals surface area contributed by atoms with E-state index in [-0.39, 0.29) is 18.0 Å². The van der Waals surface area contributed by atoms with E-state index in [1.54, 1.807) is 0 Å². The largest absolute Gasteiger partial charge is 0.460 e. The molecule has 0 spiro atoms. The van der Waals surface area contributed by atoms with E-state index in [1.165, 1.54) is 0 Å². The van der Waals surface area contributed by atoms with E-state index in [4.69, 9.17) is 4.74 Å². The summed E-state index contributed by atoms with van der Waals surface area (Å²) in [5.41, 5.74) is 0.192. The van der Waals surface area contributed by atoms with Crippen LogP contribution in [-0.4, -0.2) is 49.1 Å². The lowest BCUT2D eigenvalue weighted by Gasteiger charge is -2.45. The number of amides is 1. The van der Waals surface area contributed by atoms with Gasteiger partial charge in [0.05, 0.1) is 0 Å². The van der Waals surface area contributed by atoms with Crippen molar-refractivity contribution in [1.29, 1.82) is 0 Å². The molecule has 2 unspecified atom stereocenters. The van der Waals surface area contributed by atoms with Gasteiger partial charge in [0, 0.05) is 19.5 Å². The number of esters is 1. The first-order chi connectivity index (χ1) is 11.7. The molecule has 0 saturated carbocycles.